The van der Waals surface area contributed by atoms with Gasteiger partial charge in [0.2, 0.25) is 0 Å². The van der Waals surface area contributed by atoms with Gasteiger partial charge in [-0.1, -0.05) is 28.3 Å². The van der Waals surface area contributed by atoms with Crippen LogP contribution in [0.3, 0.4) is 0 Å². The molecule has 1 saturated heterocycles. The van der Waals surface area contributed by atoms with Crippen LogP contribution in [0.2, 0.25) is 0 Å². The summed E-state index contributed by atoms with van der Waals surface area (Å²) in [6.07, 6.45) is 0. The maximum absolute atomic E-state index is 12.9. The SMILES string of the molecule is CO/N=C(\C(=O)N[C@@H]1C(=O)N2C(C(=O)O)=C(CSc3nnc(C)s3)CS[C@@H]12)c1csc(N)n1. The van der Waals surface area contributed by atoms with Crippen molar-refractivity contribution in [3.63, 3.8) is 0 Å². The highest BCUT2D eigenvalue weighted by Crippen LogP contribution is 2.41. The van der Waals surface area contributed by atoms with E-state index in [1.165, 1.54) is 46.9 Å². The average molecular weight is 528 g/mol. The number of amides is 2. The second kappa shape index (κ2) is 9.66. The van der Waals surface area contributed by atoms with Crippen LogP contribution in [-0.4, -0.2) is 78.7 Å². The van der Waals surface area contributed by atoms with Gasteiger partial charge in [0.15, 0.2) is 15.2 Å². The number of β-lactam (4-membered cyclic amide) rings is 1. The molecule has 2 aliphatic rings. The molecular formula is C17H17N7O5S4. The highest BCUT2D eigenvalue weighted by molar-refractivity contribution is 8.01. The topological polar surface area (TPSA) is 173 Å². The molecule has 0 aliphatic carbocycles. The molecule has 4 heterocycles. The van der Waals surface area contributed by atoms with E-state index >= 15 is 0 Å². The van der Waals surface area contributed by atoms with E-state index in [1.54, 1.807) is 5.38 Å². The van der Waals surface area contributed by atoms with Crippen molar-refractivity contribution in [2.24, 2.45) is 5.16 Å². The monoisotopic (exact) mass is 527 g/mol. The fourth-order valence-electron chi connectivity index (χ4n) is 3.18. The number of fused-ring (bicyclic) bond motifs is 1. The molecule has 1 fully saturated rings. The van der Waals surface area contributed by atoms with Gasteiger partial charge in [0, 0.05) is 16.9 Å². The standard InChI is InChI=1S/C17H17N7O5S4/c1-6-21-22-17(33-6)32-4-7-3-30-14-10(13(26)24(14)11(7)15(27)28)20-12(25)9(23-29-2)8-5-31-16(18)19-8/h5,10,14H,3-4H2,1-2H3,(H2,18,19)(H,20,25)(H,27,28)/b23-9-/t10-,14+/m1/s1. The number of anilines is 1. The van der Waals surface area contributed by atoms with Crippen LogP contribution in [0.4, 0.5) is 5.13 Å². The lowest BCUT2D eigenvalue weighted by molar-refractivity contribution is -0.150. The van der Waals surface area contributed by atoms with Crippen LogP contribution in [-0.2, 0) is 19.2 Å². The van der Waals surface area contributed by atoms with Crippen LogP contribution in [0.5, 0.6) is 0 Å². The van der Waals surface area contributed by atoms with Crippen molar-refractivity contribution in [3.8, 4) is 0 Å². The molecule has 0 saturated carbocycles. The van der Waals surface area contributed by atoms with Gasteiger partial charge < -0.3 is 21.0 Å². The van der Waals surface area contributed by atoms with Gasteiger partial charge >= 0.3 is 5.97 Å². The summed E-state index contributed by atoms with van der Waals surface area (Å²) >= 11 is 5.30. The third-order valence-corrected chi connectivity index (χ3v) is 8.65. The summed E-state index contributed by atoms with van der Waals surface area (Å²) in [7, 11) is 1.28. The lowest BCUT2D eigenvalue weighted by Crippen LogP contribution is -2.71. The molecule has 2 atom stereocenters. The second-order valence-corrected chi connectivity index (χ2v) is 11.1. The van der Waals surface area contributed by atoms with E-state index in [4.69, 9.17) is 10.6 Å². The lowest BCUT2D eigenvalue weighted by atomic mass is 10.0. The molecule has 0 radical (unpaired) electrons. The molecule has 4 rings (SSSR count). The number of carboxylic acid groups (broad SMARTS) is 1. The van der Waals surface area contributed by atoms with E-state index in [2.05, 4.69) is 25.7 Å². The van der Waals surface area contributed by atoms with Crippen molar-refractivity contribution in [2.45, 2.75) is 22.7 Å². The smallest absolute Gasteiger partial charge is 0.352 e. The summed E-state index contributed by atoms with van der Waals surface area (Å²) in [6, 6.07) is -0.907. The number of thioether (sulfide) groups is 2. The van der Waals surface area contributed by atoms with Gasteiger partial charge in [-0.15, -0.1) is 33.3 Å². The lowest BCUT2D eigenvalue weighted by Gasteiger charge is -2.49. The second-order valence-electron chi connectivity index (χ2n) is 6.69. The number of aromatic nitrogens is 3. The van der Waals surface area contributed by atoms with Crippen LogP contribution in [0.1, 0.15) is 10.7 Å². The van der Waals surface area contributed by atoms with Crippen molar-refractivity contribution in [3.05, 3.63) is 27.4 Å². The van der Waals surface area contributed by atoms with Gasteiger partial charge in [0.05, 0.1) is 0 Å². The number of nitrogens with two attached hydrogens (primary N) is 1. The zero-order valence-corrected chi connectivity index (χ0v) is 20.4. The van der Waals surface area contributed by atoms with Gasteiger partial charge in [0.25, 0.3) is 11.8 Å². The first-order valence-electron chi connectivity index (χ1n) is 9.26. The molecule has 0 aromatic carbocycles. The fraction of sp³-hybridized carbons (Fsp3) is 0.353. The molecule has 2 aromatic heterocycles. The van der Waals surface area contributed by atoms with Crippen LogP contribution in [0, 0.1) is 6.92 Å². The maximum Gasteiger partial charge on any atom is 0.352 e. The molecule has 2 aliphatic heterocycles. The number of hydrogen-bond donors (Lipinski definition) is 3. The van der Waals surface area contributed by atoms with Crippen molar-refractivity contribution in [1.82, 2.24) is 25.4 Å². The molecule has 4 N–H and O–H groups in total. The first-order chi connectivity index (χ1) is 15.8. The number of carbonyl (C=O) groups is 3. The normalized spacial score (nSPS) is 20.4. The number of thiazole rings is 1. The van der Waals surface area contributed by atoms with Gasteiger partial charge in [-0.3, -0.25) is 14.5 Å². The number of aryl methyl sites for hydroxylation is 1. The van der Waals surface area contributed by atoms with Gasteiger partial charge in [0.1, 0.15) is 34.9 Å². The molecule has 0 unspecified atom stereocenters. The minimum absolute atomic E-state index is 0.0546. The molecule has 2 amide bonds. The summed E-state index contributed by atoms with van der Waals surface area (Å²) in [5.41, 5.74) is 6.27. The third kappa shape index (κ3) is 4.68. The first kappa shape index (κ1) is 23.5. The molecule has 174 valence electrons. The van der Waals surface area contributed by atoms with E-state index in [1.807, 2.05) is 6.92 Å². The predicted octanol–water partition coefficient (Wildman–Crippen LogP) is 0.767. The number of nitrogen functional groups attached to an aromatic ring is 1. The Balaban J connectivity index is 1.49. The number of nitrogens with zero attached hydrogens (tertiary/aromatic N) is 5. The number of nitrogens with one attached hydrogen (secondary N) is 1. The van der Waals surface area contributed by atoms with Crippen molar-refractivity contribution in [2.75, 3.05) is 24.3 Å². The molecule has 2 aromatic rings. The van der Waals surface area contributed by atoms with E-state index in [0.29, 0.717) is 17.1 Å². The number of hydrogen-bond acceptors (Lipinski definition) is 13. The summed E-state index contributed by atoms with van der Waals surface area (Å²) in [5.74, 6) is -1.61. The van der Waals surface area contributed by atoms with Crippen LogP contribution in [0.15, 0.2) is 26.1 Å². The Morgan fingerprint density at radius 3 is 2.85 bits per heavy atom. The Morgan fingerprint density at radius 1 is 1.45 bits per heavy atom. The molecule has 33 heavy (non-hydrogen) atoms. The van der Waals surface area contributed by atoms with Crippen LogP contribution in [0.25, 0.3) is 0 Å². The highest BCUT2D eigenvalue weighted by atomic mass is 32.2. The molecule has 0 bridgehead atoms. The zero-order chi connectivity index (χ0) is 23.7. The van der Waals surface area contributed by atoms with Crippen LogP contribution >= 0.6 is 46.2 Å². The molecule has 12 nitrogen and oxygen atoms in total. The predicted molar refractivity (Wildman–Crippen MR) is 125 cm³/mol. The zero-order valence-electron chi connectivity index (χ0n) is 17.2. The fourth-order valence-corrected chi connectivity index (χ4v) is 7.03. The van der Waals surface area contributed by atoms with Crippen molar-refractivity contribution < 1.29 is 24.3 Å². The van der Waals surface area contributed by atoms with Crippen molar-refractivity contribution >= 4 is 74.8 Å². The minimum Gasteiger partial charge on any atom is -0.477 e. The Morgan fingerprint density at radius 2 is 2.24 bits per heavy atom. The van der Waals surface area contributed by atoms with Gasteiger partial charge in [-0.25, -0.2) is 9.78 Å². The van der Waals surface area contributed by atoms with E-state index in [-0.39, 0.29) is 22.2 Å². The number of carboxylic acids is 1. The largest absolute Gasteiger partial charge is 0.477 e. The Kier molecular flexibility index (Phi) is 6.87. The minimum atomic E-state index is -1.19. The molecule has 16 heteroatoms. The number of aliphatic carboxylic acids is 1. The molecular weight excluding hydrogens is 510 g/mol. The van der Waals surface area contributed by atoms with E-state index in [9.17, 15) is 19.5 Å². The summed E-state index contributed by atoms with van der Waals surface area (Å²) < 4.78 is 0.726. The number of carbonyl (C=O) groups excluding carboxylic acids is 2. The van der Waals surface area contributed by atoms with E-state index < -0.39 is 29.2 Å². The highest BCUT2D eigenvalue weighted by Gasteiger charge is 2.54. The number of rotatable bonds is 8. The summed E-state index contributed by atoms with van der Waals surface area (Å²) in [5, 5.41) is 26.2. The van der Waals surface area contributed by atoms with Gasteiger partial charge in [-0.05, 0) is 12.5 Å². The molecule has 0 spiro atoms. The number of oxime groups is 1. The quantitative estimate of drug-likeness (QED) is 0.191. The van der Waals surface area contributed by atoms with Gasteiger partial charge in [-0.2, -0.15) is 0 Å². The first-order valence-corrected chi connectivity index (χ1v) is 13.0. The third-order valence-electron chi connectivity index (χ3n) is 4.58. The summed E-state index contributed by atoms with van der Waals surface area (Å²) in [6.45, 7) is 1.84. The van der Waals surface area contributed by atoms with E-state index in [0.717, 1.165) is 20.7 Å². The maximum atomic E-state index is 12.9. The average Bonchev–Trinajstić information content (AvgIpc) is 3.40. The Hall–Kier alpha value is -2.69. The Bertz CT molecular complexity index is 1180. The van der Waals surface area contributed by atoms with Crippen molar-refractivity contribution in [1.29, 1.82) is 0 Å². The van der Waals surface area contributed by atoms with Crippen LogP contribution < -0.4 is 11.1 Å². The summed E-state index contributed by atoms with van der Waals surface area (Å²) in [4.78, 5) is 47.6. The Labute approximate surface area is 203 Å².